The second-order valence-electron chi connectivity index (χ2n) is 3.71. The lowest BCUT2D eigenvalue weighted by molar-refractivity contribution is 0.426. The van der Waals surface area contributed by atoms with Crippen LogP contribution in [0.15, 0.2) is 22.7 Å². The van der Waals surface area contributed by atoms with E-state index in [0.717, 1.165) is 0 Å². The molecule has 0 atom stereocenters. The minimum atomic E-state index is -0.420. The lowest BCUT2D eigenvalue weighted by atomic mass is 10.3. The zero-order valence-corrected chi connectivity index (χ0v) is 11.3. The SMILES string of the molecule is Cc1nn(C)c(Oc2cc(F)cc(Br)c2)c1C#N. The number of aryl methyl sites for hydroxylation is 2. The molecular weight excluding hydrogens is 301 g/mol. The first-order chi connectivity index (χ1) is 8.51. The minimum Gasteiger partial charge on any atom is -0.438 e. The molecule has 0 N–H and O–H groups in total. The van der Waals surface area contributed by atoms with Gasteiger partial charge in [-0.2, -0.15) is 10.4 Å². The van der Waals surface area contributed by atoms with Gasteiger partial charge in [0.2, 0.25) is 5.88 Å². The molecular formula is C12H9BrFN3O. The summed E-state index contributed by atoms with van der Waals surface area (Å²) in [6.07, 6.45) is 0. The Bertz CT molecular complexity index is 625. The van der Waals surface area contributed by atoms with Crippen molar-refractivity contribution in [2.45, 2.75) is 6.92 Å². The average molecular weight is 310 g/mol. The Kier molecular flexibility index (Phi) is 3.34. The molecule has 2 rings (SSSR count). The van der Waals surface area contributed by atoms with Gasteiger partial charge in [0.1, 0.15) is 23.2 Å². The number of rotatable bonds is 2. The van der Waals surface area contributed by atoms with E-state index >= 15 is 0 Å². The van der Waals surface area contributed by atoms with E-state index in [9.17, 15) is 4.39 Å². The fourth-order valence-corrected chi connectivity index (χ4v) is 2.03. The van der Waals surface area contributed by atoms with Gasteiger partial charge in [0, 0.05) is 17.6 Å². The van der Waals surface area contributed by atoms with E-state index in [4.69, 9.17) is 10.00 Å². The second kappa shape index (κ2) is 4.78. The topological polar surface area (TPSA) is 50.8 Å². The number of benzene rings is 1. The molecule has 92 valence electrons. The van der Waals surface area contributed by atoms with Crippen LogP contribution in [-0.4, -0.2) is 9.78 Å². The summed E-state index contributed by atoms with van der Waals surface area (Å²) >= 11 is 3.18. The number of hydrogen-bond donors (Lipinski definition) is 0. The summed E-state index contributed by atoms with van der Waals surface area (Å²) in [5.74, 6) is 0.186. The van der Waals surface area contributed by atoms with Crippen molar-refractivity contribution in [1.29, 1.82) is 5.26 Å². The zero-order valence-electron chi connectivity index (χ0n) is 9.74. The van der Waals surface area contributed by atoms with Gasteiger partial charge >= 0.3 is 0 Å². The molecule has 2 aromatic rings. The van der Waals surface area contributed by atoms with Gasteiger partial charge < -0.3 is 4.74 Å². The van der Waals surface area contributed by atoms with Crippen LogP contribution >= 0.6 is 15.9 Å². The maximum atomic E-state index is 13.2. The highest BCUT2D eigenvalue weighted by Gasteiger charge is 2.15. The van der Waals surface area contributed by atoms with E-state index in [-0.39, 0.29) is 0 Å². The van der Waals surface area contributed by atoms with Crippen LogP contribution in [0.4, 0.5) is 4.39 Å². The van der Waals surface area contributed by atoms with Crippen LogP contribution in [0.25, 0.3) is 0 Å². The van der Waals surface area contributed by atoms with Crippen molar-refractivity contribution < 1.29 is 9.13 Å². The Labute approximate surface area is 112 Å². The van der Waals surface area contributed by atoms with Crippen LogP contribution in [0.3, 0.4) is 0 Å². The van der Waals surface area contributed by atoms with Crippen molar-refractivity contribution in [2.24, 2.45) is 7.05 Å². The van der Waals surface area contributed by atoms with Gasteiger partial charge in [0.15, 0.2) is 0 Å². The maximum Gasteiger partial charge on any atom is 0.235 e. The molecule has 0 aliphatic rings. The molecule has 1 heterocycles. The largest absolute Gasteiger partial charge is 0.438 e. The Morgan fingerprint density at radius 2 is 2.17 bits per heavy atom. The van der Waals surface area contributed by atoms with Crippen molar-refractivity contribution in [1.82, 2.24) is 9.78 Å². The van der Waals surface area contributed by atoms with Crippen molar-refractivity contribution >= 4 is 15.9 Å². The molecule has 0 radical (unpaired) electrons. The lowest BCUT2D eigenvalue weighted by Crippen LogP contribution is -1.96. The third-order valence-corrected chi connectivity index (χ3v) is 2.79. The molecule has 1 aromatic carbocycles. The van der Waals surface area contributed by atoms with Gasteiger partial charge in [-0.3, -0.25) is 0 Å². The highest BCUT2D eigenvalue weighted by Crippen LogP contribution is 2.29. The molecule has 0 bridgehead atoms. The fraction of sp³-hybridized carbons (Fsp3) is 0.167. The second-order valence-corrected chi connectivity index (χ2v) is 4.62. The van der Waals surface area contributed by atoms with Gasteiger partial charge in [-0.25, -0.2) is 9.07 Å². The molecule has 0 aliphatic heterocycles. The molecule has 6 heteroatoms. The Morgan fingerprint density at radius 3 is 2.78 bits per heavy atom. The molecule has 0 unspecified atom stereocenters. The predicted octanol–water partition coefficient (Wildman–Crippen LogP) is 3.29. The van der Waals surface area contributed by atoms with Crippen molar-refractivity contribution in [3.05, 3.63) is 39.7 Å². The summed E-state index contributed by atoms with van der Waals surface area (Å²) in [5.41, 5.74) is 0.920. The van der Waals surface area contributed by atoms with Crippen LogP contribution in [0.2, 0.25) is 0 Å². The van der Waals surface area contributed by atoms with E-state index in [0.29, 0.717) is 27.4 Å². The summed E-state index contributed by atoms with van der Waals surface area (Å²) in [5, 5.41) is 13.1. The summed E-state index contributed by atoms with van der Waals surface area (Å²) < 4.78 is 20.8. The number of nitriles is 1. The predicted molar refractivity (Wildman–Crippen MR) is 66.8 cm³/mol. The highest BCUT2D eigenvalue weighted by molar-refractivity contribution is 9.10. The number of halogens is 2. The number of hydrogen-bond acceptors (Lipinski definition) is 3. The highest BCUT2D eigenvalue weighted by atomic mass is 79.9. The van der Waals surface area contributed by atoms with E-state index in [1.807, 2.05) is 6.07 Å². The van der Waals surface area contributed by atoms with Crippen LogP contribution in [-0.2, 0) is 7.05 Å². The first kappa shape index (κ1) is 12.6. The number of nitrogens with zero attached hydrogens (tertiary/aromatic N) is 3. The molecule has 0 saturated heterocycles. The van der Waals surface area contributed by atoms with Crippen molar-refractivity contribution in [3.8, 4) is 17.7 Å². The van der Waals surface area contributed by atoms with E-state index in [1.165, 1.54) is 16.8 Å². The van der Waals surface area contributed by atoms with E-state index in [1.54, 1.807) is 20.0 Å². The molecule has 0 amide bonds. The first-order valence-electron chi connectivity index (χ1n) is 5.09. The van der Waals surface area contributed by atoms with Crippen LogP contribution in [0, 0.1) is 24.1 Å². The monoisotopic (exact) mass is 309 g/mol. The van der Waals surface area contributed by atoms with Crippen molar-refractivity contribution in [3.63, 3.8) is 0 Å². The molecule has 0 aliphatic carbocycles. The zero-order chi connectivity index (χ0) is 13.3. The number of ether oxygens (including phenoxy) is 1. The summed E-state index contributed by atoms with van der Waals surface area (Å²) in [6.45, 7) is 1.72. The first-order valence-corrected chi connectivity index (χ1v) is 5.88. The van der Waals surface area contributed by atoms with Gasteiger partial charge in [-0.05, 0) is 19.1 Å². The lowest BCUT2D eigenvalue weighted by Gasteiger charge is -2.06. The molecule has 0 fully saturated rings. The molecule has 1 aromatic heterocycles. The molecule has 18 heavy (non-hydrogen) atoms. The summed E-state index contributed by atoms with van der Waals surface area (Å²) in [6, 6.07) is 6.21. The third kappa shape index (κ3) is 2.36. The van der Waals surface area contributed by atoms with Crippen LogP contribution in [0.1, 0.15) is 11.3 Å². The van der Waals surface area contributed by atoms with Crippen LogP contribution < -0.4 is 4.74 Å². The molecule has 0 spiro atoms. The minimum absolute atomic E-state index is 0.299. The van der Waals surface area contributed by atoms with Crippen LogP contribution in [0.5, 0.6) is 11.6 Å². The van der Waals surface area contributed by atoms with Gasteiger partial charge in [-0.1, -0.05) is 15.9 Å². The number of aromatic nitrogens is 2. The molecule has 0 saturated carbocycles. The van der Waals surface area contributed by atoms with Gasteiger partial charge in [0.25, 0.3) is 0 Å². The van der Waals surface area contributed by atoms with E-state index in [2.05, 4.69) is 21.0 Å². The Morgan fingerprint density at radius 1 is 1.44 bits per heavy atom. The standard InChI is InChI=1S/C12H9BrFN3O/c1-7-11(6-15)12(17(2)16-7)18-10-4-8(13)3-9(14)5-10/h3-5H,1-2H3. The summed E-state index contributed by atoms with van der Waals surface area (Å²) in [4.78, 5) is 0. The Hall–Kier alpha value is -1.87. The van der Waals surface area contributed by atoms with Gasteiger partial charge in [0.05, 0.1) is 5.69 Å². The third-order valence-electron chi connectivity index (χ3n) is 2.33. The summed E-state index contributed by atoms with van der Waals surface area (Å²) in [7, 11) is 1.66. The quantitative estimate of drug-likeness (QED) is 0.855. The fourth-order valence-electron chi connectivity index (χ4n) is 1.58. The molecule has 4 nitrogen and oxygen atoms in total. The smallest absolute Gasteiger partial charge is 0.235 e. The Balaban J connectivity index is 2.43. The normalized spacial score (nSPS) is 10.2. The van der Waals surface area contributed by atoms with Crippen molar-refractivity contribution in [2.75, 3.05) is 0 Å². The van der Waals surface area contributed by atoms with Gasteiger partial charge in [-0.15, -0.1) is 0 Å². The van der Waals surface area contributed by atoms with E-state index < -0.39 is 5.82 Å². The average Bonchev–Trinajstić information content (AvgIpc) is 2.52. The maximum absolute atomic E-state index is 13.2.